The van der Waals surface area contributed by atoms with Gasteiger partial charge in [0.25, 0.3) is 0 Å². The van der Waals surface area contributed by atoms with E-state index in [9.17, 15) is 4.79 Å². The monoisotopic (exact) mass is 355 g/mol. The molecular formula is C17H10BrNOS. The van der Waals surface area contributed by atoms with Crippen molar-refractivity contribution in [3.05, 3.63) is 69.6 Å². The summed E-state index contributed by atoms with van der Waals surface area (Å²) in [7, 11) is 0. The molecule has 0 aliphatic heterocycles. The number of rotatable bonds is 2. The first-order chi connectivity index (χ1) is 10.2. The lowest BCUT2D eigenvalue weighted by atomic mass is 10.1. The van der Waals surface area contributed by atoms with Gasteiger partial charge in [0.1, 0.15) is 0 Å². The minimum Gasteiger partial charge on any atom is -0.360 e. The van der Waals surface area contributed by atoms with Crippen molar-refractivity contribution in [2.45, 2.75) is 0 Å². The number of aromatic amines is 1. The molecule has 0 aliphatic rings. The number of benzene rings is 2. The first-order valence-corrected chi connectivity index (χ1v) is 8.13. The van der Waals surface area contributed by atoms with Gasteiger partial charge in [0.2, 0.25) is 5.78 Å². The molecule has 0 aliphatic carbocycles. The lowest BCUT2D eigenvalue weighted by molar-refractivity contribution is 0.104. The second-order valence-corrected chi connectivity index (χ2v) is 6.87. The molecule has 4 aromatic rings. The highest BCUT2D eigenvalue weighted by atomic mass is 79.9. The van der Waals surface area contributed by atoms with Crippen molar-refractivity contribution in [3.8, 4) is 0 Å². The average Bonchev–Trinajstić information content (AvgIpc) is 3.09. The van der Waals surface area contributed by atoms with Crippen LogP contribution < -0.4 is 0 Å². The third-order valence-electron chi connectivity index (χ3n) is 3.54. The van der Waals surface area contributed by atoms with Crippen LogP contribution >= 0.6 is 27.3 Å². The van der Waals surface area contributed by atoms with Crippen LogP contribution in [0.25, 0.3) is 21.0 Å². The number of fused-ring (bicyclic) bond motifs is 2. The maximum Gasteiger partial charge on any atom is 0.205 e. The van der Waals surface area contributed by atoms with Gasteiger partial charge in [0.05, 0.1) is 4.88 Å². The van der Waals surface area contributed by atoms with Gasteiger partial charge in [-0.2, -0.15) is 0 Å². The van der Waals surface area contributed by atoms with Gasteiger partial charge in [-0.25, -0.2) is 0 Å². The summed E-state index contributed by atoms with van der Waals surface area (Å²) in [6.07, 6.45) is 1.80. The largest absolute Gasteiger partial charge is 0.360 e. The Balaban J connectivity index is 1.87. The van der Waals surface area contributed by atoms with Gasteiger partial charge in [0.15, 0.2) is 0 Å². The number of H-pyrrole nitrogens is 1. The summed E-state index contributed by atoms with van der Waals surface area (Å²) in [5, 5.41) is 2.07. The molecule has 0 fully saturated rings. The highest BCUT2D eigenvalue weighted by Gasteiger charge is 2.16. The summed E-state index contributed by atoms with van der Waals surface area (Å²) in [5.74, 6) is 0.0700. The van der Waals surface area contributed by atoms with Gasteiger partial charge in [-0.05, 0) is 35.7 Å². The van der Waals surface area contributed by atoms with Crippen LogP contribution in [-0.2, 0) is 0 Å². The van der Waals surface area contributed by atoms with E-state index in [1.807, 2.05) is 48.5 Å². The van der Waals surface area contributed by atoms with E-state index in [2.05, 4.69) is 20.9 Å². The van der Waals surface area contributed by atoms with Crippen LogP contribution in [0, 0.1) is 0 Å². The zero-order chi connectivity index (χ0) is 14.4. The van der Waals surface area contributed by atoms with E-state index in [4.69, 9.17) is 0 Å². The molecule has 0 amide bonds. The third-order valence-corrected chi connectivity index (χ3v) is 5.15. The van der Waals surface area contributed by atoms with Crippen molar-refractivity contribution in [2.75, 3.05) is 0 Å². The number of nitrogens with one attached hydrogen (secondary N) is 1. The molecule has 2 aromatic heterocycles. The minimum absolute atomic E-state index is 0.0700. The molecule has 0 bridgehead atoms. The van der Waals surface area contributed by atoms with Gasteiger partial charge in [-0.3, -0.25) is 4.79 Å². The van der Waals surface area contributed by atoms with Crippen molar-refractivity contribution >= 4 is 54.0 Å². The van der Waals surface area contributed by atoms with Gasteiger partial charge < -0.3 is 4.98 Å². The lowest BCUT2D eigenvalue weighted by Crippen LogP contribution is -1.96. The van der Waals surface area contributed by atoms with E-state index >= 15 is 0 Å². The number of carbonyl (C=O) groups is 1. The molecule has 2 heterocycles. The summed E-state index contributed by atoms with van der Waals surface area (Å²) < 4.78 is 2.11. The lowest BCUT2D eigenvalue weighted by Gasteiger charge is -1.97. The van der Waals surface area contributed by atoms with Crippen LogP contribution in [0.1, 0.15) is 15.2 Å². The van der Waals surface area contributed by atoms with Gasteiger partial charge in [-0.15, -0.1) is 11.3 Å². The Bertz CT molecular complexity index is 950. The first kappa shape index (κ1) is 12.8. The number of carbonyl (C=O) groups excluding carboxylic acids is 1. The van der Waals surface area contributed by atoms with Gasteiger partial charge in [0, 0.05) is 31.8 Å². The molecular weight excluding hydrogens is 346 g/mol. The van der Waals surface area contributed by atoms with Crippen LogP contribution in [0.5, 0.6) is 0 Å². The Kier molecular flexibility index (Phi) is 2.94. The zero-order valence-electron chi connectivity index (χ0n) is 10.9. The van der Waals surface area contributed by atoms with Crippen molar-refractivity contribution in [1.82, 2.24) is 4.98 Å². The Hall–Kier alpha value is -1.91. The van der Waals surface area contributed by atoms with Crippen LogP contribution in [0.3, 0.4) is 0 Å². The molecule has 1 N–H and O–H groups in total. The normalized spacial score (nSPS) is 11.3. The second kappa shape index (κ2) is 4.83. The Morgan fingerprint density at radius 3 is 2.81 bits per heavy atom. The van der Waals surface area contributed by atoms with Crippen molar-refractivity contribution in [1.29, 1.82) is 0 Å². The van der Waals surface area contributed by atoms with E-state index in [0.29, 0.717) is 0 Å². The molecule has 0 radical (unpaired) electrons. The molecule has 4 heteroatoms. The SMILES string of the molecule is O=C(c1cc2ccccc2s1)c1c[nH]c2ccc(Br)cc12. The summed E-state index contributed by atoms with van der Waals surface area (Å²) in [5.41, 5.74) is 1.69. The maximum absolute atomic E-state index is 12.8. The van der Waals surface area contributed by atoms with Crippen molar-refractivity contribution < 1.29 is 4.79 Å². The number of thiophene rings is 1. The summed E-state index contributed by atoms with van der Waals surface area (Å²) >= 11 is 5.00. The van der Waals surface area contributed by atoms with Crippen LogP contribution in [0.15, 0.2) is 59.2 Å². The number of halogens is 1. The predicted octanol–water partition coefficient (Wildman–Crippen LogP) is 5.38. The molecule has 0 saturated heterocycles. The molecule has 102 valence electrons. The Morgan fingerprint density at radius 2 is 1.95 bits per heavy atom. The van der Waals surface area contributed by atoms with E-state index in [1.165, 1.54) is 0 Å². The topological polar surface area (TPSA) is 32.9 Å². The van der Waals surface area contributed by atoms with Crippen LogP contribution in [-0.4, -0.2) is 10.8 Å². The first-order valence-electron chi connectivity index (χ1n) is 6.52. The number of ketones is 1. The molecule has 0 atom stereocenters. The average molecular weight is 356 g/mol. The number of aromatic nitrogens is 1. The smallest absolute Gasteiger partial charge is 0.205 e. The highest BCUT2D eigenvalue weighted by molar-refractivity contribution is 9.10. The highest BCUT2D eigenvalue weighted by Crippen LogP contribution is 2.30. The van der Waals surface area contributed by atoms with Crippen LogP contribution in [0.2, 0.25) is 0 Å². The minimum atomic E-state index is 0.0700. The van der Waals surface area contributed by atoms with E-state index in [0.717, 1.165) is 35.9 Å². The quantitative estimate of drug-likeness (QED) is 0.481. The maximum atomic E-state index is 12.8. The van der Waals surface area contributed by atoms with Gasteiger partial charge >= 0.3 is 0 Å². The van der Waals surface area contributed by atoms with Gasteiger partial charge in [-0.1, -0.05) is 34.1 Å². The second-order valence-electron chi connectivity index (χ2n) is 4.87. The number of hydrogen-bond donors (Lipinski definition) is 1. The van der Waals surface area contributed by atoms with E-state index < -0.39 is 0 Å². The molecule has 0 saturated carbocycles. The molecule has 2 aromatic carbocycles. The molecule has 21 heavy (non-hydrogen) atoms. The Labute approximate surface area is 133 Å². The van der Waals surface area contributed by atoms with E-state index in [-0.39, 0.29) is 5.78 Å². The summed E-state index contributed by atoms with van der Waals surface area (Å²) in [6, 6.07) is 16.0. The molecule has 0 spiro atoms. The Morgan fingerprint density at radius 1 is 1.10 bits per heavy atom. The fourth-order valence-corrected chi connectivity index (χ4v) is 3.89. The fraction of sp³-hybridized carbons (Fsp3) is 0. The standard InChI is InChI=1S/C17H10BrNOS/c18-11-5-6-14-12(8-11)13(9-19-14)17(20)16-7-10-3-1-2-4-15(10)21-16/h1-9,19H. The fourth-order valence-electron chi connectivity index (χ4n) is 2.51. The van der Waals surface area contributed by atoms with Crippen molar-refractivity contribution in [2.24, 2.45) is 0 Å². The molecule has 0 unspecified atom stereocenters. The predicted molar refractivity (Wildman–Crippen MR) is 91.3 cm³/mol. The van der Waals surface area contributed by atoms with E-state index in [1.54, 1.807) is 17.5 Å². The molecule has 2 nitrogen and oxygen atoms in total. The van der Waals surface area contributed by atoms with Crippen molar-refractivity contribution in [3.63, 3.8) is 0 Å². The summed E-state index contributed by atoms with van der Waals surface area (Å²) in [6.45, 7) is 0. The molecule has 4 rings (SSSR count). The van der Waals surface area contributed by atoms with Crippen LogP contribution in [0.4, 0.5) is 0 Å². The summed E-state index contributed by atoms with van der Waals surface area (Å²) in [4.78, 5) is 16.7. The third kappa shape index (κ3) is 2.11. The number of hydrogen-bond acceptors (Lipinski definition) is 2. The zero-order valence-corrected chi connectivity index (χ0v) is 13.3.